The molecular formula is C9H16N4. The van der Waals surface area contributed by atoms with Gasteiger partial charge >= 0.3 is 0 Å². The van der Waals surface area contributed by atoms with E-state index in [1.165, 1.54) is 0 Å². The first-order valence-corrected chi connectivity index (χ1v) is 4.62. The van der Waals surface area contributed by atoms with Crippen LogP contribution in [0.1, 0.15) is 6.92 Å². The zero-order chi connectivity index (χ0) is 9.31. The summed E-state index contributed by atoms with van der Waals surface area (Å²) in [5, 5.41) is 10.9. The van der Waals surface area contributed by atoms with E-state index >= 15 is 0 Å². The maximum atomic E-state index is 4.26. The van der Waals surface area contributed by atoms with Crippen molar-refractivity contribution in [3.8, 4) is 0 Å². The lowest BCUT2D eigenvalue weighted by Gasteiger charge is -2.39. The average molecular weight is 180 g/mol. The molecular weight excluding hydrogens is 164 g/mol. The fourth-order valence-electron chi connectivity index (χ4n) is 1.49. The Bertz CT molecular complexity index is 288. The van der Waals surface area contributed by atoms with Gasteiger partial charge in [0.1, 0.15) is 5.82 Å². The summed E-state index contributed by atoms with van der Waals surface area (Å²) in [6.07, 6.45) is 1.95. The molecule has 0 aliphatic carbocycles. The molecule has 13 heavy (non-hydrogen) atoms. The summed E-state index contributed by atoms with van der Waals surface area (Å²) in [5.74, 6) is 0.968. The smallest absolute Gasteiger partial charge is 0.147 e. The van der Waals surface area contributed by atoms with Crippen LogP contribution in [0.5, 0.6) is 0 Å². The van der Waals surface area contributed by atoms with Crippen molar-refractivity contribution in [2.75, 3.05) is 25.0 Å². The Morgan fingerprint density at radius 1 is 1.69 bits per heavy atom. The van der Waals surface area contributed by atoms with Crippen LogP contribution in [-0.4, -0.2) is 29.4 Å². The van der Waals surface area contributed by atoms with Gasteiger partial charge in [0, 0.05) is 44.4 Å². The lowest BCUT2D eigenvalue weighted by atomic mass is 9.84. The van der Waals surface area contributed by atoms with E-state index in [1.807, 2.05) is 24.0 Å². The summed E-state index contributed by atoms with van der Waals surface area (Å²) in [4.78, 5) is 0. The predicted octanol–water partition coefficient (Wildman–Crippen LogP) is 0.441. The molecule has 1 aromatic rings. The number of nitrogens with zero attached hydrogens (tertiary/aromatic N) is 2. The standard InChI is InChI=1S/C9H16N4/c1-9(5-10-6-9)7-11-8-3-4-13(2)12-8/h3-4,10H,5-7H2,1-2H3,(H,11,12). The average Bonchev–Trinajstić information content (AvgIpc) is 2.44. The van der Waals surface area contributed by atoms with Gasteiger partial charge in [0.25, 0.3) is 0 Å². The molecule has 0 radical (unpaired) electrons. The van der Waals surface area contributed by atoms with Crippen LogP contribution in [-0.2, 0) is 7.05 Å². The number of nitrogens with one attached hydrogen (secondary N) is 2. The topological polar surface area (TPSA) is 41.9 Å². The van der Waals surface area contributed by atoms with E-state index in [-0.39, 0.29) is 0 Å². The zero-order valence-electron chi connectivity index (χ0n) is 8.17. The van der Waals surface area contributed by atoms with Gasteiger partial charge in [0.15, 0.2) is 0 Å². The van der Waals surface area contributed by atoms with Crippen molar-refractivity contribution in [2.45, 2.75) is 6.92 Å². The summed E-state index contributed by atoms with van der Waals surface area (Å²) in [6.45, 7) is 5.48. The van der Waals surface area contributed by atoms with Gasteiger partial charge in [0.05, 0.1) is 0 Å². The highest BCUT2D eigenvalue weighted by Crippen LogP contribution is 2.21. The van der Waals surface area contributed by atoms with Crippen molar-refractivity contribution in [3.63, 3.8) is 0 Å². The molecule has 1 fully saturated rings. The largest absolute Gasteiger partial charge is 0.368 e. The first-order valence-electron chi connectivity index (χ1n) is 4.62. The van der Waals surface area contributed by atoms with Gasteiger partial charge in [-0.25, -0.2) is 0 Å². The molecule has 72 valence electrons. The molecule has 0 unspecified atom stereocenters. The Labute approximate surface area is 78.3 Å². The van der Waals surface area contributed by atoms with Crippen molar-refractivity contribution in [2.24, 2.45) is 12.5 Å². The van der Waals surface area contributed by atoms with Gasteiger partial charge < -0.3 is 10.6 Å². The first kappa shape index (κ1) is 8.56. The molecule has 4 heteroatoms. The van der Waals surface area contributed by atoms with Crippen LogP contribution in [0, 0.1) is 5.41 Å². The number of rotatable bonds is 3. The second-order valence-corrected chi connectivity index (χ2v) is 4.14. The third kappa shape index (κ3) is 1.83. The van der Waals surface area contributed by atoms with Crippen molar-refractivity contribution in [1.29, 1.82) is 0 Å². The molecule has 0 spiro atoms. The quantitative estimate of drug-likeness (QED) is 0.709. The fourth-order valence-corrected chi connectivity index (χ4v) is 1.49. The minimum atomic E-state index is 0.414. The van der Waals surface area contributed by atoms with Gasteiger partial charge in [-0.3, -0.25) is 4.68 Å². The Balaban J connectivity index is 1.85. The number of aromatic nitrogens is 2. The van der Waals surface area contributed by atoms with E-state index in [0.29, 0.717) is 5.41 Å². The number of hydrogen-bond acceptors (Lipinski definition) is 3. The highest BCUT2D eigenvalue weighted by molar-refractivity contribution is 5.32. The Morgan fingerprint density at radius 2 is 2.46 bits per heavy atom. The normalized spacial score (nSPS) is 19.5. The number of anilines is 1. The molecule has 2 rings (SSSR count). The second kappa shape index (κ2) is 3.03. The maximum Gasteiger partial charge on any atom is 0.147 e. The van der Waals surface area contributed by atoms with Crippen LogP contribution >= 0.6 is 0 Å². The minimum absolute atomic E-state index is 0.414. The SMILES string of the molecule is Cn1ccc(NCC2(C)CNC2)n1. The van der Waals surface area contributed by atoms with Crippen molar-refractivity contribution >= 4 is 5.82 Å². The summed E-state index contributed by atoms with van der Waals surface area (Å²) >= 11 is 0. The molecule has 0 aromatic carbocycles. The van der Waals surface area contributed by atoms with Crippen molar-refractivity contribution in [3.05, 3.63) is 12.3 Å². The Morgan fingerprint density at radius 3 is 2.92 bits per heavy atom. The van der Waals surface area contributed by atoms with Crippen molar-refractivity contribution < 1.29 is 0 Å². The maximum absolute atomic E-state index is 4.26. The lowest BCUT2D eigenvalue weighted by molar-refractivity contribution is 0.214. The van der Waals surface area contributed by atoms with Crippen LogP contribution in [0.25, 0.3) is 0 Å². The summed E-state index contributed by atoms with van der Waals surface area (Å²) in [7, 11) is 1.93. The molecule has 4 nitrogen and oxygen atoms in total. The van der Waals surface area contributed by atoms with Crippen LogP contribution < -0.4 is 10.6 Å². The van der Waals surface area contributed by atoms with Gasteiger partial charge in [-0.05, 0) is 0 Å². The second-order valence-electron chi connectivity index (χ2n) is 4.14. The molecule has 1 aliphatic rings. The van der Waals surface area contributed by atoms with E-state index in [2.05, 4.69) is 22.7 Å². The molecule has 0 bridgehead atoms. The molecule has 0 amide bonds. The molecule has 2 heterocycles. The minimum Gasteiger partial charge on any atom is -0.368 e. The number of aryl methyl sites for hydroxylation is 1. The zero-order valence-corrected chi connectivity index (χ0v) is 8.17. The van der Waals surface area contributed by atoms with Gasteiger partial charge in [-0.1, -0.05) is 6.92 Å². The van der Waals surface area contributed by atoms with Crippen LogP contribution in [0.3, 0.4) is 0 Å². The highest BCUT2D eigenvalue weighted by Gasteiger charge is 2.31. The molecule has 1 aliphatic heterocycles. The summed E-state index contributed by atoms with van der Waals surface area (Å²) < 4.78 is 1.81. The molecule has 2 N–H and O–H groups in total. The predicted molar refractivity (Wildman–Crippen MR) is 52.7 cm³/mol. The Kier molecular flexibility index (Phi) is 2.00. The van der Waals surface area contributed by atoms with Gasteiger partial charge in [-0.15, -0.1) is 0 Å². The van der Waals surface area contributed by atoms with Crippen LogP contribution in [0.15, 0.2) is 12.3 Å². The Hall–Kier alpha value is -1.03. The summed E-state index contributed by atoms with van der Waals surface area (Å²) in [5.41, 5.74) is 0.414. The highest BCUT2D eigenvalue weighted by atomic mass is 15.3. The van der Waals surface area contributed by atoms with Crippen LogP contribution in [0.2, 0.25) is 0 Å². The molecule has 0 atom stereocenters. The lowest BCUT2D eigenvalue weighted by Crippen LogP contribution is -2.55. The number of hydrogen-bond donors (Lipinski definition) is 2. The van der Waals surface area contributed by atoms with E-state index in [1.54, 1.807) is 0 Å². The third-order valence-corrected chi connectivity index (χ3v) is 2.51. The monoisotopic (exact) mass is 180 g/mol. The van der Waals surface area contributed by atoms with E-state index < -0.39 is 0 Å². The molecule has 1 aromatic heterocycles. The molecule has 1 saturated heterocycles. The third-order valence-electron chi connectivity index (χ3n) is 2.51. The van der Waals surface area contributed by atoms with E-state index in [4.69, 9.17) is 0 Å². The van der Waals surface area contributed by atoms with Crippen LogP contribution in [0.4, 0.5) is 5.82 Å². The molecule has 0 saturated carbocycles. The fraction of sp³-hybridized carbons (Fsp3) is 0.667. The first-order chi connectivity index (χ1) is 6.18. The van der Waals surface area contributed by atoms with Gasteiger partial charge in [0.2, 0.25) is 0 Å². The van der Waals surface area contributed by atoms with Crippen molar-refractivity contribution in [1.82, 2.24) is 15.1 Å². The summed E-state index contributed by atoms with van der Waals surface area (Å²) in [6, 6.07) is 2.00. The van der Waals surface area contributed by atoms with E-state index in [9.17, 15) is 0 Å². The van der Waals surface area contributed by atoms with Gasteiger partial charge in [-0.2, -0.15) is 5.10 Å². The van der Waals surface area contributed by atoms with E-state index in [0.717, 1.165) is 25.5 Å².